The second-order valence-corrected chi connectivity index (χ2v) is 19.4. The van der Waals surface area contributed by atoms with Crippen molar-refractivity contribution < 1.29 is 21.8 Å². The Kier molecular flexibility index (Phi) is 13.5. The Bertz CT molecular complexity index is 2720. The second-order valence-electron chi connectivity index (χ2n) is 15.3. The Balaban J connectivity index is 1.04. The highest BCUT2D eigenvalue weighted by Crippen LogP contribution is 2.33. The molecule has 0 spiro atoms. The number of sulfonamides is 1. The number of nitro benzene ring substituents is 1. The number of rotatable bonds is 17. The molecule has 1 saturated heterocycles. The molecule has 2 N–H and O–H groups in total. The lowest BCUT2D eigenvalue weighted by molar-refractivity contribution is -0.384. The van der Waals surface area contributed by atoms with E-state index in [9.17, 15) is 26.9 Å². The van der Waals surface area contributed by atoms with Crippen LogP contribution in [0.3, 0.4) is 0 Å². The zero-order valence-corrected chi connectivity index (χ0v) is 36.2. The lowest BCUT2D eigenvalue weighted by atomic mass is 9.99. The predicted molar refractivity (Wildman–Crippen MR) is 242 cm³/mol. The van der Waals surface area contributed by atoms with Gasteiger partial charge in [-0.05, 0) is 105 Å². The van der Waals surface area contributed by atoms with Crippen LogP contribution in [-0.4, -0.2) is 100 Å². The lowest BCUT2D eigenvalue weighted by Crippen LogP contribution is -2.46. The van der Waals surface area contributed by atoms with Crippen LogP contribution in [0.4, 0.5) is 22.9 Å². The maximum Gasteiger partial charge on any atom is 0.293 e. The summed E-state index contributed by atoms with van der Waals surface area (Å²) in [5.41, 5.74) is 4.50. The molecule has 7 rings (SSSR count). The minimum absolute atomic E-state index is 0.00525. The quantitative estimate of drug-likeness (QED) is 0.0681. The molecule has 0 radical (unpaired) electrons. The van der Waals surface area contributed by atoms with Crippen LogP contribution in [0.2, 0.25) is 5.02 Å². The fraction of sp³-hybridized carbons (Fsp3) is 0.273. The van der Waals surface area contributed by atoms with Crippen LogP contribution < -0.4 is 14.9 Å². The van der Waals surface area contributed by atoms with Crippen molar-refractivity contribution in [1.82, 2.24) is 19.8 Å². The molecule has 0 bridgehead atoms. The third kappa shape index (κ3) is 10.8. The van der Waals surface area contributed by atoms with Gasteiger partial charge in [0.1, 0.15) is 12.0 Å². The van der Waals surface area contributed by atoms with E-state index in [4.69, 9.17) is 11.6 Å². The number of halogens is 1. The average Bonchev–Trinajstić information content (AvgIpc) is 3.24. The van der Waals surface area contributed by atoms with Crippen molar-refractivity contribution in [2.75, 3.05) is 67.5 Å². The van der Waals surface area contributed by atoms with E-state index in [1.54, 1.807) is 24.3 Å². The number of nitro groups is 1. The van der Waals surface area contributed by atoms with E-state index in [-0.39, 0.29) is 27.0 Å². The van der Waals surface area contributed by atoms with Gasteiger partial charge in [-0.15, -0.1) is 0 Å². The van der Waals surface area contributed by atoms with E-state index in [2.05, 4.69) is 48.0 Å². The minimum Gasteiger partial charge on any atom is -0.376 e. The molecule has 0 saturated carbocycles. The first-order chi connectivity index (χ1) is 29.3. The summed E-state index contributed by atoms with van der Waals surface area (Å²) in [5, 5.41) is 16.6. The lowest BCUT2D eigenvalue weighted by Gasteiger charge is -2.36. The highest BCUT2D eigenvalue weighted by molar-refractivity contribution is 7.92. The Labute approximate surface area is 361 Å². The highest BCUT2D eigenvalue weighted by atomic mass is 35.5. The molecule has 1 aliphatic heterocycles. The number of nitrogens with zero attached hydrogens (tertiary/aromatic N) is 6. The van der Waals surface area contributed by atoms with E-state index < -0.39 is 36.5 Å². The van der Waals surface area contributed by atoms with Crippen LogP contribution in [-0.2, 0) is 26.4 Å². The summed E-state index contributed by atoms with van der Waals surface area (Å²) in [6.07, 6.45) is 2.28. The molecule has 0 unspecified atom stereocenters. The van der Waals surface area contributed by atoms with Crippen molar-refractivity contribution in [2.24, 2.45) is 0 Å². The summed E-state index contributed by atoms with van der Waals surface area (Å²) in [4.78, 5) is 26.8. The van der Waals surface area contributed by atoms with Crippen molar-refractivity contribution in [3.8, 4) is 11.1 Å². The maximum atomic E-state index is 13.8. The molecule has 1 aliphatic rings. The van der Waals surface area contributed by atoms with Crippen molar-refractivity contribution in [1.29, 1.82) is 0 Å². The third-order valence-electron chi connectivity index (χ3n) is 10.7. The number of hydrogen-bond donors (Lipinski definition) is 2. The van der Waals surface area contributed by atoms with Gasteiger partial charge in [0, 0.05) is 60.9 Å². The van der Waals surface area contributed by atoms with Gasteiger partial charge < -0.3 is 15.1 Å². The minimum atomic E-state index is -4.38. The Morgan fingerprint density at radius 1 is 0.836 bits per heavy atom. The fourth-order valence-electron chi connectivity index (χ4n) is 7.50. The van der Waals surface area contributed by atoms with E-state index >= 15 is 0 Å². The first kappa shape index (κ1) is 43.4. The molecule has 17 heteroatoms. The number of nitrogens with one attached hydrogen (secondary N) is 2. The summed E-state index contributed by atoms with van der Waals surface area (Å²) >= 11 is 6.14. The van der Waals surface area contributed by atoms with Crippen molar-refractivity contribution in [2.45, 2.75) is 35.2 Å². The molecule has 14 nitrogen and oxygen atoms in total. The average molecular weight is 883 g/mol. The molecule has 1 fully saturated rings. The Morgan fingerprint density at radius 3 is 2.28 bits per heavy atom. The van der Waals surface area contributed by atoms with Gasteiger partial charge in [0.25, 0.3) is 15.7 Å². The van der Waals surface area contributed by atoms with Gasteiger partial charge in [-0.1, -0.05) is 66.2 Å². The largest absolute Gasteiger partial charge is 0.376 e. The van der Waals surface area contributed by atoms with Crippen molar-refractivity contribution in [3.05, 3.63) is 142 Å². The summed E-state index contributed by atoms with van der Waals surface area (Å²) < 4.78 is 56.7. The number of aromatic nitrogens is 2. The number of hydrogen-bond acceptors (Lipinski definition) is 12. The number of sulfone groups is 1. The van der Waals surface area contributed by atoms with Gasteiger partial charge in [0.15, 0.2) is 15.7 Å². The highest BCUT2D eigenvalue weighted by Gasteiger charge is 2.27. The van der Waals surface area contributed by atoms with Crippen LogP contribution in [0, 0.1) is 10.1 Å². The summed E-state index contributed by atoms with van der Waals surface area (Å²) in [6, 6.07) is 32.7. The molecule has 5 aromatic carbocycles. The first-order valence-electron chi connectivity index (χ1n) is 19.8. The zero-order valence-electron chi connectivity index (χ0n) is 33.8. The molecule has 2 heterocycles. The molecule has 0 aliphatic carbocycles. The molecule has 1 atom stereocenters. The molecule has 1 aromatic heterocycles. The predicted octanol–water partition coefficient (Wildman–Crippen LogP) is 7.58. The molecule has 0 amide bonds. The normalized spacial score (nSPS) is 14.3. The Hall–Kier alpha value is -5.65. The molecular formula is C44H47ClN8O6S2. The monoisotopic (exact) mass is 882 g/mol. The van der Waals surface area contributed by atoms with Crippen molar-refractivity contribution >= 4 is 65.2 Å². The van der Waals surface area contributed by atoms with Gasteiger partial charge >= 0.3 is 0 Å². The maximum absolute atomic E-state index is 13.8. The number of benzene rings is 5. The van der Waals surface area contributed by atoms with Crippen molar-refractivity contribution in [3.63, 3.8) is 0 Å². The molecule has 61 heavy (non-hydrogen) atoms. The van der Waals surface area contributed by atoms with E-state index in [1.807, 2.05) is 61.5 Å². The Morgan fingerprint density at radius 2 is 1.56 bits per heavy atom. The molecule has 318 valence electrons. The summed E-state index contributed by atoms with van der Waals surface area (Å²) in [7, 11) is -4.33. The number of fused-ring (bicyclic) bond motifs is 1. The standard InChI is InChI=1S/C44H47ClN8O6S2/c1-50(2)22-8-10-35(30-60(56,57)37-11-4-3-5-12-37)48-41-21-19-38(28-43(41)53(54)55)61(58,59)49-44-40-20-18-36(27-42(40)46-31-47-44)52-25-23-51(24-26-52)29-33-9-6-7-13-39(33)32-14-16-34(45)17-15-32/h3-7,9,11-21,27-28,31,35,48H,8,10,22-26,29-30H2,1-2H3,(H,46,47,49)/t35-/m1/s1. The van der Waals surface area contributed by atoms with E-state index in [0.29, 0.717) is 35.3 Å². The zero-order chi connectivity index (χ0) is 43.1. The van der Waals surface area contributed by atoms with Crippen LogP contribution in [0.5, 0.6) is 0 Å². The van der Waals surface area contributed by atoms with Gasteiger partial charge in [-0.3, -0.25) is 19.7 Å². The van der Waals surface area contributed by atoms with E-state index in [0.717, 1.165) is 50.0 Å². The van der Waals surface area contributed by atoms with Gasteiger partial charge in [-0.25, -0.2) is 26.8 Å². The SMILES string of the molecule is CN(C)CCC[C@H](CS(=O)(=O)c1ccccc1)Nc1ccc(S(=O)(=O)Nc2ncnc3cc(N4CCN(Cc5ccccc5-c5ccc(Cl)cc5)CC4)ccc23)cc1[N+](=O)[O-]. The van der Waals surface area contributed by atoms with Crippen LogP contribution >= 0.6 is 11.6 Å². The number of piperazine rings is 1. The third-order valence-corrected chi connectivity index (χ3v) is 14.1. The summed E-state index contributed by atoms with van der Waals surface area (Å²) in [5.74, 6) is -0.291. The smallest absolute Gasteiger partial charge is 0.293 e. The number of anilines is 3. The van der Waals surface area contributed by atoms with Gasteiger partial charge in [0.2, 0.25) is 0 Å². The topological polar surface area (TPSA) is 171 Å². The summed E-state index contributed by atoms with van der Waals surface area (Å²) in [6.45, 7) is 4.72. The van der Waals surface area contributed by atoms with Gasteiger partial charge in [-0.2, -0.15) is 0 Å². The second kappa shape index (κ2) is 19.0. The molecule has 6 aromatic rings. The fourth-order valence-corrected chi connectivity index (χ4v) is 10.2. The first-order valence-corrected chi connectivity index (χ1v) is 23.3. The molecular weight excluding hydrogens is 836 g/mol. The van der Waals surface area contributed by atoms with Crippen LogP contribution in [0.15, 0.2) is 131 Å². The van der Waals surface area contributed by atoms with Gasteiger partial charge in [0.05, 0.1) is 26.0 Å². The van der Waals surface area contributed by atoms with Crippen LogP contribution in [0.25, 0.3) is 22.0 Å². The van der Waals surface area contributed by atoms with E-state index in [1.165, 1.54) is 41.7 Å². The van der Waals surface area contributed by atoms with Crippen LogP contribution in [0.1, 0.15) is 18.4 Å².